The van der Waals surface area contributed by atoms with Gasteiger partial charge in [-0.05, 0) is 18.0 Å². The molecule has 2 aromatic rings. The maximum atomic E-state index is 12.1. The summed E-state index contributed by atoms with van der Waals surface area (Å²) >= 11 is 1.12. The van der Waals surface area contributed by atoms with Crippen molar-refractivity contribution >= 4 is 17.4 Å². The van der Waals surface area contributed by atoms with E-state index < -0.39 is 0 Å². The van der Waals surface area contributed by atoms with Crippen LogP contribution in [-0.4, -0.2) is 42.6 Å². The molecule has 2 aromatic heterocycles. The minimum atomic E-state index is -0.0896. The lowest BCUT2D eigenvalue weighted by Crippen LogP contribution is -2.26. The van der Waals surface area contributed by atoms with Gasteiger partial charge < -0.3 is 4.90 Å². The van der Waals surface area contributed by atoms with E-state index in [9.17, 15) is 4.79 Å². The summed E-state index contributed by atoms with van der Waals surface area (Å²) in [6, 6.07) is 0. The normalized spacial score (nSPS) is 10.5. The van der Waals surface area contributed by atoms with E-state index in [0.29, 0.717) is 23.7 Å². The van der Waals surface area contributed by atoms with Crippen LogP contribution in [0.3, 0.4) is 0 Å². The molecule has 1 N–H and O–H groups in total. The van der Waals surface area contributed by atoms with Crippen molar-refractivity contribution in [1.29, 1.82) is 0 Å². The molecule has 0 unspecified atom stereocenters. The number of hydrogen-bond donors (Lipinski definition) is 1. The first-order chi connectivity index (χ1) is 8.22. The van der Waals surface area contributed by atoms with Crippen LogP contribution >= 0.6 is 11.5 Å². The van der Waals surface area contributed by atoms with Gasteiger partial charge in [0.2, 0.25) is 0 Å². The number of nitrogens with zero attached hydrogens (tertiary/aromatic N) is 5. The Hall–Kier alpha value is -1.83. The molecule has 17 heavy (non-hydrogen) atoms. The monoisotopic (exact) mass is 252 g/mol. The van der Waals surface area contributed by atoms with E-state index in [-0.39, 0.29) is 5.91 Å². The predicted octanol–water partition coefficient (Wildman–Crippen LogP) is 0.491. The highest BCUT2D eigenvalue weighted by Gasteiger charge is 2.19. The van der Waals surface area contributed by atoms with Crippen LogP contribution in [0.4, 0.5) is 0 Å². The van der Waals surface area contributed by atoms with E-state index >= 15 is 0 Å². The van der Waals surface area contributed by atoms with Crippen LogP contribution in [0.5, 0.6) is 0 Å². The first kappa shape index (κ1) is 11.6. The molecule has 0 aromatic carbocycles. The molecule has 0 atom stereocenters. The van der Waals surface area contributed by atoms with Crippen molar-refractivity contribution in [2.45, 2.75) is 19.9 Å². The van der Waals surface area contributed by atoms with Gasteiger partial charge in [-0.1, -0.05) is 11.4 Å². The van der Waals surface area contributed by atoms with Gasteiger partial charge in [-0.15, -0.1) is 5.10 Å². The Balaban J connectivity index is 2.09. The molecular weight excluding hydrogens is 240 g/mol. The van der Waals surface area contributed by atoms with Crippen molar-refractivity contribution in [3.63, 3.8) is 0 Å². The van der Waals surface area contributed by atoms with Crippen LogP contribution in [0.15, 0.2) is 6.33 Å². The summed E-state index contributed by atoms with van der Waals surface area (Å²) in [7, 11) is 1.71. The summed E-state index contributed by atoms with van der Waals surface area (Å²) in [5.41, 5.74) is 0.740. The van der Waals surface area contributed by atoms with Gasteiger partial charge in [-0.2, -0.15) is 5.10 Å². The Bertz CT molecular complexity index is 493. The molecule has 0 saturated carbocycles. The Kier molecular flexibility index (Phi) is 3.43. The van der Waals surface area contributed by atoms with E-state index in [2.05, 4.69) is 24.8 Å². The molecule has 0 spiro atoms. The Labute approximate surface area is 102 Å². The second kappa shape index (κ2) is 5.00. The van der Waals surface area contributed by atoms with Crippen LogP contribution in [0.25, 0.3) is 0 Å². The SMILES string of the molecule is CCc1nnsc1C(=O)N(C)Cc1ncn[nH]1. The maximum absolute atomic E-state index is 12.1. The number of hydrogen-bond acceptors (Lipinski definition) is 6. The van der Waals surface area contributed by atoms with Gasteiger partial charge in [-0.25, -0.2) is 4.98 Å². The maximum Gasteiger partial charge on any atom is 0.267 e. The van der Waals surface area contributed by atoms with E-state index in [0.717, 1.165) is 17.2 Å². The fraction of sp³-hybridized carbons (Fsp3) is 0.444. The average molecular weight is 252 g/mol. The number of amides is 1. The number of aromatic amines is 1. The second-order valence-corrected chi connectivity index (χ2v) is 4.25. The van der Waals surface area contributed by atoms with Gasteiger partial charge in [0.05, 0.1) is 12.2 Å². The molecule has 0 radical (unpaired) electrons. The topological polar surface area (TPSA) is 87.7 Å². The molecule has 0 saturated heterocycles. The molecule has 8 heteroatoms. The highest BCUT2D eigenvalue weighted by molar-refractivity contribution is 7.07. The van der Waals surface area contributed by atoms with Gasteiger partial charge in [0.25, 0.3) is 5.91 Å². The van der Waals surface area contributed by atoms with Gasteiger partial charge in [0, 0.05) is 7.05 Å². The molecule has 0 fully saturated rings. The summed E-state index contributed by atoms with van der Waals surface area (Å²) in [6.07, 6.45) is 2.12. The molecule has 0 bridgehead atoms. The molecule has 2 heterocycles. The van der Waals surface area contributed by atoms with Crippen LogP contribution < -0.4 is 0 Å². The molecule has 0 aliphatic rings. The Morgan fingerprint density at radius 1 is 1.59 bits per heavy atom. The van der Waals surface area contributed by atoms with E-state index in [1.807, 2.05) is 6.92 Å². The molecule has 7 nitrogen and oxygen atoms in total. The predicted molar refractivity (Wildman–Crippen MR) is 61.5 cm³/mol. The van der Waals surface area contributed by atoms with Gasteiger partial charge in [0.1, 0.15) is 17.0 Å². The van der Waals surface area contributed by atoms with Crippen LogP contribution in [0.1, 0.15) is 28.1 Å². The third kappa shape index (κ3) is 2.47. The standard InChI is InChI=1S/C9H12N6OS/c1-3-6-8(17-14-12-6)9(16)15(2)4-7-10-5-11-13-7/h5H,3-4H2,1-2H3,(H,10,11,13). The number of carbonyl (C=O) groups excluding carboxylic acids is 1. The van der Waals surface area contributed by atoms with Crippen molar-refractivity contribution in [2.24, 2.45) is 0 Å². The minimum Gasteiger partial charge on any atom is -0.333 e. The van der Waals surface area contributed by atoms with Gasteiger partial charge >= 0.3 is 0 Å². The third-order valence-electron chi connectivity index (χ3n) is 2.28. The molecule has 0 aliphatic carbocycles. The summed E-state index contributed by atoms with van der Waals surface area (Å²) in [4.78, 5) is 18.2. The lowest BCUT2D eigenvalue weighted by Gasteiger charge is -2.14. The number of aryl methyl sites for hydroxylation is 1. The summed E-state index contributed by atoms with van der Waals surface area (Å²) in [5.74, 6) is 0.560. The fourth-order valence-electron chi connectivity index (χ4n) is 1.38. The van der Waals surface area contributed by atoms with E-state index in [1.165, 1.54) is 6.33 Å². The highest BCUT2D eigenvalue weighted by atomic mass is 32.1. The molecule has 0 aliphatic heterocycles. The van der Waals surface area contributed by atoms with Crippen LogP contribution in [-0.2, 0) is 13.0 Å². The summed E-state index contributed by atoms with van der Waals surface area (Å²) < 4.78 is 3.80. The van der Waals surface area contributed by atoms with E-state index in [4.69, 9.17) is 0 Å². The lowest BCUT2D eigenvalue weighted by atomic mass is 10.3. The van der Waals surface area contributed by atoms with Crippen LogP contribution in [0.2, 0.25) is 0 Å². The fourth-order valence-corrected chi connectivity index (χ4v) is 2.12. The zero-order valence-electron chi connectivity index (χ0n) is 9.54. The van der Waals surface area contributed by atoms with Crippen molar-refractivity contribution < 1.29 is 4.79 Å². The number of nitrogens with one attached hydrogen (secondary N) is 1. The first-order valence-electron chi connectivity index (χ1n) is 5.13. The largest absolute Gasteiger partial charge is 0.333 e. The Morgan fingerprint density at radius 2 is 2.41 bits per heavy atom. The number of H-pyrrole nitrogens is 1. The van der Waals surface area contributed by atoms with Gasteiger partial charge in [0.15, 0.2) is 0 Å². The van der Waals surface area contributed by atoms with Gasteiger partial charge in [-0.3, -0.25) is 9.89 Å². The van der Waals surface area contributed by atoms with Crippen molar-refractivity contribution in [1.82, 2.24) is 29.7 Å². The summed E-state index contributed by atoms with van der Waals surface area (Å²) in [6.45, 7) is 2.34. The first-order valence-corrected chi connectivity index (χ1v) is 5.90. The zero-order valence-corrected chi connectivity index (χ0v) is 10.4. The molecule has 2 rings (SSSR count). The number of aromatic nitrogens is 5. The second-order valence-electron chi connectivity index (χ2n) is 3.50. The van der Waals surface area contributed by atoms with Crippen molar-refractivity contribution in [3.8, 4) is 0 Å². The molecular formula is C9H12N6OS. The third-order valence-corrected chi connectivity index (χ3v) is 3.04. The number of rotatable bonds is 4. The van der Waals surface area contributed by atoms with Crippen molar-refractivity contribution in [3.05, 3.63) is 22.7 Å². The van der Waals surface area contributed by atoms with Crippen molar-refractivity contribution in [2.75, 3.05) is 7.05 Å². The lowest BCUT2D eigenvalue weighted by molar-refractivity contribution is 0.0785. The minimum absolute atomic E-state index is 0.0896. The smallest absolute Gasteiger partial charge is 0.267 e. The van der Waals surface area contributed by atoms with Crippen LogP contribution in [0, 0.1) is 0 Å². The average Bonchev–Trinajstić information content (AvgIpc) is 2.97. The van der Waals surface area contributed by atoms with E-state index in [1.54, 1.807) is 11.9 Å². The Morgan fingerprint density at radius 3 is 3.06 bits per heavy atom. The summed E-state index contributed by atoms with van der Waals surface area (Å²) in [5, 5.41) is 10.4. The highest BCUT2D eigenvalue weighted by Crippen LogP contribution is 2.14. The molecule has 90 valence electrons. The quantitative estimate of drug-likeness (QED) is 0.855. The number of carbonyl (C=O) groups is 1. The molecule has 1 amide bonds. The zero-order chi connectivity index (χ0) is 12.3.